The van der Waals surface area contributed by atoms with Crippen molar-refractivity contribution in [3.8, 4) is 0 Å². The van der Waals surface area contributed by atoms with Crippen molar-refractivity contribution in [1.82, 2.24) is 4.90 Å². The largest absolute Gasteiger partial charge is 0.381 e. The lowest BCUT2D eigenvalue weighted by Gasteiger charge is -2.38. The summed E-state index contributed by atoms with van der Waals surface area (Å²) in [6, 6.07) is 0.259. The first kappa shape index (κ1) is 15.7. The monoisotopic (exact) mass is 284 g/mol. The number of nitrogens with zero attached hydrogens (tertiary/aromatic N) is 1. The number of nitrogens with two attached hydrogens (primary N) is 1. The third kappa shape index (κ3) is 4.43. The molecule has 2 unspecified atom stereocenters. The average Bonchev–Trinajstić information content (AvgIpc) is 2.48. The number of ether oxygens (including phenoxy) is 2. The van der Waals surface area contributed by atoms with E-state index in [1.807, 2.05) is 11.8 Å². The Morgan fingerprint density at radius 3 is 2.80 bits per heavy atom. The van der Waals surface area contributed by atoms with Crippen LogP contribution in [0, 0.1) is 0 Å². The Labute approximate surface area is 121 Å². The van der Waals surface area contributed by atoms with Gasteiger partial charge in [0.05, 0.1) is 19.1 Å². The van der Waals surface area contributed by atoms with E-state index in [0.29, 0.717) is 13.0 Å². The van der Waals surface area contributed by atoms with Crippen molar-refractivity contribution < 1.29 is 14.3 Å². The van der Waals surface area contributed by atoms with Gasteiger partial charge in [0.1, 0.15) is 0 Å². The molecule has 2 aliphatic rings. The van der Waals surface area contributed by atoms with Gasteiger partial charge in [-0.2, -0.15) is 0 Å². The van der Waals surface area contributed by atoms with Crippen LogP contribution in [-0.4, -0.2) is 55.4 Å². The summed E-state index contributed by atoms with van der Waals surface area (Å²) in [6.07, 6.45) is 5.93. The Morgan fingerprint density at radius 2 is 2.10 bits per heavy atom. The van der Waals surface area contributed by atoms with Crippen molar-refractivity contribution in [2.75, 3.05) is 26.4 Å². The zero-order valence-corrected chi connectivity index (χ0v) is 12.6. The van der Waals surface area contributed by atoms with Gasteiger partial charge in [0.15, 0.2) is 0 Å². The number of piperidine rings is 1. The Kier molecular flexibility index (Phi) is 6.26. The molecule has 0 aromatic carbocycles. The van der Waals surface area contributed by atoms with Crippen LogP contribution in [0.1, 0.15) is 45.4 Å². The highest BCUT2D eigenvalue weighted by atomic mass is 16.5. The number of likely N-dealkylation sites (tertiary alicyclic amines) is 1. The number of hydrogen-bond donors (Lipinski definition) is 1. The molecular formula is C15H28N2O3. The second-order valence-electron chi connectivity index (χ2n) is 5.94. The second-order valence-corrected chi connectivity index (χ2v) is 5.94. The Bertz CT molecular complexity index is 303. The van der Waals surface area contributed by atoms with Gasteiger partial charge in [-0.3, -0.25) is 4.79 Å². The summed E-state index contributed by atoms with van der Waals surface area (Å²) >= 11 is 0. The van der Waals surface area contributed by atoms with Gasteiger partial charge in [0.2, 0.25) is 5.91 Å². The molecular weight excluding hydrogens is 256 g/mol. The molecule has 116 valence electrons. The molecule has 2 aliphatic heterocycles. The number of carbonyl (C=O) groups is 1. The van der Waals surface area contributed by atoms with Gasteiger partial charge in [0, 0.05) is 31.8 Å². The van der Waals surface area contributed by atoms with Gasteiger partial charge >= 0.3 is 0 Å². The number of carbonyl (C=O) groups excluding carboxylic acids is 1. The molecule has 0 saturated carbocycles. The molecule has 0 bridgehead atoms. The fourth-order valence-corrected chi connectivity index (χ4v) is 3.11. The molecule has 2 saturated heterocycles. The maximum absolute atomic E-state index is 12.3. The molecule has 5 heteroatoms. The summed E-state index contributed by atoms with van der Waals surface area (Å²) < 4.78 is 11.1. The zero-order valence-electron chi connectivity index (χ0n) is 12.6. The van der Waals surface area contributed by atoms with Gasteiger partial charge in [-0.1, -0.05) is 0 Å². The maximum Gasteiger partial charge on any atom is 0.225 e. The van der Waals surface area contributed by atoms with Crippen LogP contribution in [0.5, 0.6) is 0 Å². The molecule has 5 nitrogen and oxygen atoms in total. The van der Waals surface area contributed by atoms with Crippen LogP contribution in [0.4, 0.5) is 0 Å². The van der Waals surface area contributed by atoms with Crippen LogP contribution in [-0.2, 0) is 14.3 Å². The minimum Gasteiger partial charge on any atom is -0.381 e. The third-order valence-corrected chi connectivity index (χ3v) is 4.31. The molecule has 0 aromatic heterocycles. The van der Waals surface area contributed by atoms with E-state index in [4.69, 9.17) is 15.2 Å². The minimum absolute atomic E-state index is 0.0515. The maximum atomic E-state index is 12.3. The van der Waals surface area contributed by atoms with Crippen LogP contribution in [0.3, 0.4) is 0 Å². The first-order valence-electron chi connectivity index (χ1n) is 7.93. The third-order valence-electron chi connectivity index (χ3n) is 4.31. The summed E-state index contributed by atoms with van der Waals surface area (Å²) in [5.41, 5.74) is 6.00. The lowest BCUT2D eigenvalue weighted by Crippen LogP contribution is -2.51. The van der Waals surface area contributed by atoms with E-state index in [-0.39, 0.29) is 24.1 Å². The van der Waals surface area contributed by atoms with Gasteiger partial charge in [-0.15, -0.1) is 0 Å². The molecule has 2 N–H and O–H groups in total. The lowest BCUT2D eigenvalue weighted by molar-refractivity contribution is -0.137. The Hall–Kier alpha value is -0.650. The van der Waals surface area contributed by atoms with Gasteiger partial charge < -0.3 is 20.1 Å². The van der Waals surface area contributed by atoms with Crippen molar-refractivity contribution >= 4 is 5.91 Å². The van der Waals surface area contributed by atoms with Gasteiger partial charge in [-0.05, 0) is 39.0 Å². The Balaban J connectivity index is 1.72. The fourth-order valence-electron chi connectivity index (χ4n) is 3.11. The number of amides is 1. The van der Waals surface area contributed by atoms with Crippen molar-refractivity contribution in [3.63, 3.8) is 0 Å². The van der Waals surface area contributed by atoms with Crippen LogP contribution in [0.2, 0.25) is 0 Å². The predicted molar refractivity (Wildman–Crippen MR) is 77.4 cm³/mol. The van der Waals surface area contributed by atoms with E-state index in [2.05, 4.69) is 0 Å². The molecule has 2 atom stereocenters. The molecule has 20 heavy (non-hydrogen) atoms. The second kappa shape index (κ2) is 7.96. The van der Waals surface area contributed by atoms with E-state index in [0.717, 1.165) is 45.4 Å². The highest BCUT2D eigenvalue weighted by Gasteiger charge is 2.28. The summed E-state index contributed by atoms with van der Waals surface area (Å²) in [7, 11) is 0. The number of rotatable bonds is 5. The molecule has 0 radical (unpaired) electrons. The van der Waals surface area contributed by atoms with E-state index in [1.54, 1.807) is 0 Å². The fraction of sp³-hybridized carbons (Fsp3) is 0.933. The first-order valence-corrected chi connectivity index (χ1v) is 7.93. The van der Waals surface area contributed by atoms with Gasteiger partial charge in [-0.25, -0.2) is 0 Å². The molecule has 2 fully saturated rings. The standard InChI is InChI=1S/C15H28N2O3/c1-12(16)14-4-2-3-8-17(14)15(18)7-11-20-13-5-9-19-10-6-13/h12-14H,2-11,16H2,1H3. The quantitative estimate of drug-likeness (QED) is 0.826. The zero-order chi connectivity index (χ0) is 14.4. The van der Waals surface area contributed by atoms with Crippen molar-refractivity contribution in [3.05, 3.63) is 0 Å². The smallest absolute Gasteiger partial charge is 0.225 e. The average molecular weight is 284 g/mol. The lowest BCUT2D eigenvalue weighted by atomic mass is 9.96. The topological polar surface area (TPSA) is 64.8 Å². The van der Waals surface area contributed by atoms with Crippen molar-refractivity contribution in [2.24, 2.45) is 5.73 Å². The Morgan fingerprint density at radius 1 is 1.35 bits per heavy atom. The summed E-state index contributed by atoms with van der Waals surface area (Å²) in [6.45, 7) is 4.91. The molecule has 0 aliphatic carbocycles. The van der Waals surface area contributed by atoms with Crippen molar-refractivity contribution in [1.29, 1.82) is 0 Å². The highest BCUT2D eigenvalue weighted by molar-refractivity contribution is 5.76. The first-order chi connectivity index (χ1) is 9.68. The summed E-state index contributed by atoms with van der Waals surface area (Å²) in [5.74, 6) is 0.194. The highest BCUT2D eigenvalue weighted by Crippen LogP contribution is 2.20. The van der Waals surface area contributed by atoms with Gasteiger partial charge in [0.25, 0.3) is 0 Å². The van der Waals surface area contributed by atoms with Crippen LogP contribution >= 0.6 is 0 Å². The van der Waals surface area contributed by atoms with Crippen LogP contribution < -0.4 is 5.73 Å². The minimum atomic E-state index is 0.0515. The van der Waals surface area contributed by atoms with E-state index in [1.165, 1.54) is 6.42 Å². The molecule has 2 rings (SSSR count). The molecule has 1 amide bonds. The SMILES string of the molecule is CC(N)C1CCCCN1C(=O)CCOC1CCOCC1. The van der Waals surface area contributed by atoms with E-state index >= 15 is 0 Å². The van der Waals surface area contributed by atoms with Crippen LogP contribution in [0.15, 0.2) is 0 Å². The van der Waals surface area contributed by atoms with Crippen molar-refractivity contribution in [2.45, 2.75) is 63.6 Å². The molecule has 0 aromatic rings. The summed E-state index contributed by atoms with van der Waals surface area (Å²) in [5, 5.41) is 0. The van der Waals surface area contributed by atoms with E-state index < -0.39 is 0 Å². The predicted octanol–water partition coefficient (Wildman–Crippen LogP) is 1.30. The molecule has 2 heterocycles. The normalized spacial score (nSPS) is 26.5. The molecule has 0 spiro atoms. The number of hydrogen-bond acceptors (Lipinski definition) is 4. The summed E-state index contributed by atoms with van der Waals surface area (Å²) in [4.78, 5) is 14.3. The van der Waals surface area contributed by atoms with Crippen LogP contribution in [0.25, 0.3) is 0 Å². The van der Waals surface area contributed by atoms with E-state index in [9.17, 15) is 4.79 Å².